The van der Waals surface area contributed by atoms with E-state index < -0.39 is 0 Å². The number of carbonyl (C=O) groups excluding carboxylic acids is 1. The second-order valence-electron chi connectivity index (χ2n) is 0.743. The Morgan fingerprint density at radius 3 is 2.40 bits per heavy atom. The Balaban J connectivity index is 3.26. The summed E-state index contributed by atoms with van der Waals surface area (Å²) in [5.74, 6) is -0.241. The number of hydrogen-bond acceptors (Lipinski definition) is 1. The van der Waals surface area contributed by atoms with Gasteiger partial charge in [0.2, 0.25) is 5.91 Å². The highest BCUT2D eigenvalue weighted by Crippen LogP contribution is 1.45. The van der Waals surface area contributed by atoms with Crippen molar-refractivity contribution in [2.75, 3.05) is 7.05 Å². The van der Waals surface area contributed by atoms with Crippen LogP contribution in [0.5, 0.6) is 0 Å². The molecule has 0 spiro atoms. The van der Waals surface area contributed by atoms with Gasteiger partial charge in [-0.15, -0.1) is 0 Å². The molecule has 0 heterocycles. The topological polar surface area (TPSA) is 29.1 Å². The quantitative estimate of drug-likeness (QED) is 0.422. The molecule has 0 aromatic rings. The van der Waals surface area contributed by atoms with E-state index in [-0.39, 0.29) is 5.91 Å². The number of nitrogens with one attached hydrogen (secondary N) is 1. The van der Waals surface area contributed by atoms with E-state index in [4.69, 9.17) is 1.41 Å². The van der Waals surface area contributed by atoms with Gasteiger partial charge in [-0.05, 0) is 0 Å². The molecule has 30 valence electrons. The third-order valence-corrected chi connectivity index (χ3v) is 0.315. The van der Waals surface area contributed by atoms with Crippen molar-refractivity contribution >= 4 is 5.91 Å². The van der Waals surface area contributed by atoms with Crippen molar-refractivity contribution < 1.29 is 6.21 Å². The lowest BCUT2D eigenvalue weighted by Gasteiger charge is -1.80. The molecule has 1 amide bonds. The number of rotatable bonds is 0. The van der Waals surface area contributed by atoms with Crippen molar-refractivity contribution in [2.24, 2.45) is 0 Å². The Labute approximate surface area is 32.6 Å². The summed E-state index contributed by atoms with van der Waals surface area (Å²) in [6, 6.07) is 0. The zero-order valence-electron chi connectivity index (χ0n) is 4.36. The maximum atomic E-state index is 9.88. The maximum absolute atomic E-state index is 9.88. The van der Waals surface area contributed by atoms with Gasteiger partial charge in [0.15, 0.2) is 1.41 Å². The molecule has 0 radical (unpaired) electrons. The Bertz CT molecular complexity index is 61.8. The van der Waals surface area contributed by atoms with Gasteiger partial charge < -0.3 is 5.31 Å². The molecule has 5 heavy (non-hydrogen) atoms. The third kappa shape index (κ3) is 3.47. The van der Waals surface area contributed by atoms with Crippen LogP contribution >= 0.6 is 0 Å². The van der Waals surface area contributed by atoms with Crippen molar-refractivity contribution in [1.82, 2.24) is 5.31 Å². The molecule has 0 unspecified atom stereocenters. The van der Waals surface area contributed by atoms with Crippen LogP contribution in [0.25, 0.3) is 0 Å². The lowest BCUT2D eigenvalue weighted by molar-refractivity contribution is -0.118. The van der Waals surface area contributed by atoms with Crippen LogP contribution in [-0.4, -0.2) is 13.0 Å². The number of carbonyl (C=O) groups is 1. The highest BCUT2D eigenvalue weighted by molar-refractivity contribution is 5.72. The molecule has 0 fully saturated rings. The first-order valence-corrected chi connectivity index (χ1v) is 1.37. The molecule has 2 nitrogen and oxygen atoms in total. The molecule has 0 aromatic heterocycles. The van der Waals surface area contributed by atoms with E-state index in [1.54, 1.807) is 0 Å². The van der Waals surface area contributed by atoms with Gasteiger partial charge in [0, 0.05) is 14.0 Å². The van der Waals surface area contributed by atoms with Crippen LogP contribution in [0.1, 0.15) is 6.92 Å². The van der Waals surface area contributed by atoms with Gasteiger partial charge in [-0.25, -0.2) is 0 Å². The number of hydrogen-bond donors (Lipinski definition) is 1. The van der Waals surface area contributed by atoms with Crippen LogP contribution < -0.4 is 5.31 Å². The van der Waals surface area contributed by atoms with E-state index in [9.17, 15) is 4.79 Å². The van der Waals surface area contributed by atoms with Gasteiger partial charge in [0.1, 0.15) is 0 Å². The van der Waals surface area contributed by atoms with Gasteiger partial charge >= 0.3 is 0 Å². The summed E-state index contributed by atoms with van der Waals surface area (Å²) in [5.41, 5.74) is 0. The Morgan fingerprint density at radius 1 is 2.20 bits per heavy atom. The summed E-state index contributed by atoms with van der Waals surface area (Å²) in [5, 5.41) is 0.778. The SMILES string of the molecule is [2H]N(C)C(C)=O. The molecular formula is C3H7NO. The van der Waals surface area contributed by atoms with E-state index in [0.717, 1.165) is 5.31 Å². The zero-order chi connectivity index (χ0) is 5.15. The minimum absolute atomic E-state index is 0.241. The Kier molecular flexibility index (Phi) is 0.947. The van der Waals surface area contributed by atoms with Crippen molar-refractivity contribution in [1.29, 1.82) is 0 Å². The smallest absolute Gasteiger partial charge is 0.216 e. The summed E-state index contributed by atoms with van der Waals surface area (Å²) in [6.07, 6.45) is 0. The van der Waals surface area contributed by atoms with Crippen LogP contribution in [0.3, 0.4) is 0 Å². The van der Waals surface area contributed by atoms with Crippen LogP contribution in [0.15, 0.2) is 0 Å². The van der Waals surface area contributed by atoms with Gasteiger partial charge in [-0.3, -0.25) is 4.79 Å². The largest absolute Gasteiger partial charge is 0.359 e. The second-order valence-corrected chi connectivity index (χ2v) is 0.743. The lowest BCUT2D eigenvalue weighted by Crippen LogP contribution is -2.11. The fourth-order valence-electron chi connectivity index (χ4n) is 0. The van der Waals surface area contributed by atoms with Crippen molar-refractivity contribution in [2.45, 2.75) is 6.92 Å². The molecule has 0 rings (SSSR count). The summed E-state index contributed by atoms with van der Waals surface area (Å²) in [6.45, 7) is 1.34. The molecular weight excluding hydrogens is 66.0 g/mol. The molecule has 0 saturated carbocycles. The van der Waals surface area contributed by atoms with Crippen molar-refractivity contribution in [3.63, 3.8) is 0 Å². The first-order valence-electron chi connectivity index (χ1n) is 1.82. The van der Waals surface area contributed by atoms with Crippen molar-refractivity contribution in [3.8, 4) is 0 Å². The molecule has 1 N–H and O–H groups in total. The predicted octanol–water partition coefficient (Wildman–Crippen LogP) is -0.248. The zero-order valence-corrected chi connectivity index (χ0v) is 3.36. The molecule has 0 bridgehead atoms. The molecule has 0 aliphatic heterocycles. The third-order valence-electron chi connectivity index (χ3n) is 0.315. The fourth-order valence-corrected chi connectivity index (χ4v) is 0. The van der Waals surface area contributed by atoms with E-state index in [1.165, 1.54) is 14.0 Å². The first-order chi connectivity index (χ1) is 2.64. The lowest BCUT2D eigenvalue weighted by atomic mass is 10.7. The highest BCUT2D eigenvalue weighted by atomic mass is 16.1. The van der Waals surface area contributed by atoms with Gasteiger partial charge in [-0.2, -0.15) is 0 Å². The fraction of sp³-hybridized carbons (Fsp3) is 0.667. The highest BCUT2D eigenvalue weighted by Gasteiger charge is 1.72. The molecule has 0 saturated heterocycles. The number of amides is 1. The predicted molar refractivity (Wildman–Crippen MR) is 19.7 cm³/mol. The minimum Gasteiger partial charge on any atom is -0.359 e. The molecule has 0 aliphatic rings. The molecule has 0 aliphatic carbocycles. The van der Waals surface area contributed by atoms with E-state index in [0.29, 0.717) is 0 Å². The average molecular weight is 74.1 g/mol. The summed E-state index contributed by atoms with van der Waals surface area (Å²) in [7, 11) is 1.39. The van der Waals surface area contributed by atoms with Gasteiger partial charge in [0.05, 0.1) is 0 Å². The van der Waals surface area contributed by atoms with E-state index in [2.05, 4.69) is 0 Å². The monoisotopic (exact) mass is 74.1 g/mol. The van der Waals surface area contributed by atoms with Crippen LogP contribution in [0, 0.1) is 0 Å². The van der Waals surface area contributed by atoms with Crippen LogP contribution in [0.2, 0.25) is 1.41 Å². The molecule has 0 atom stereocenters. The standard InChI is InChI=1S/C3H7NO/c1-3(5)4-2/h1-2H3,(H,4,5)/i/hD. The maximum Gasteiger partial charge on any atom is 0.216 e. The first kappa shape index (κ1) is 2.69. The Morgan fingerprint density at radius 2 is 2.40 bits per heavy atom. The molecule has 0 aromatic carbocycles. The van der Waals surface area contributed by atoms with Crippen LogP contribution in [-0.2, 0) is 4.79 Å². The second kappa shape index (κ2) is 1.76. The normalized spacial score (nSPS) is 9.60. The van der Waals surface area contributed by atoms with E-state index >= 15 is 0 Å². The van der Waals surface area contributed by atoms with Gasteiger partial charge in [0.25, 0.3) is 0 Å². The van der Waals surface area contributed by atoms with Gasteiger partial charge in [-0.1, -0.05) is 0 Å². The van der Waals surface area contributed by atoms with Crippen LogP contribution in [0.4, 0.5) is 0 Å². The summed E-state index contributed by atoms with van der Waals surface area (Å²) in [4.78, 5) is 9.88. The summed E-state index contributed by atoms with van der Waals surface area (Å²) >= 11 is 0. The summed E-state index contributed by atoms with van der Waals surface area (Å²) < 4.78 is 6.52. The van der Waals surface area contributed by atoms with E-state index in [1.807, 2.05) is 0 Å². The molecule has 2 heteroatoms. The Hall–Kier alpha value is -0.530. The average Bonchev–Trinajstić information content (AvgIpc) is 1.36. The minimum atomic E-state index is -0.241. The van der Waals surface area contributed by atoms with Crippen molar-refractivity contribution in [3.05, 3.63) is 0 Å².